The molecule has 1 aromatic carbocycles. The average Bonchev–Trinajstić information content (AvgIpc) is 2.21. The lowest BCUT2D eigenvalue weighted by molar-refractivity contribution is -0.116. The Kier molecular flexibility index (Phi) is 7.44. The van der Waals surface area contributed by atoms with Gasteiger partial charge >= 0.3 is 0 Å². The van der Waals surface area contributed by atoms with Crippen molar-refractivity contribution in [2.75, 3.05) is 19.0 Å². The van der Waals surface area contributed by atoms with Crippen molar-refractivity contribution in [2.24, 2.45) is 5.73 Å². The summed E-state index contributed by atoms with van der Waals surface area (Å²) in [5, 5.41) is 2.78. The van der Waals surface area contributed by atoms with Gasteiger partial charge in [-0.25, -0.2) is 0 Å². The number of halogens is 2. The van der Waals surface area contributed by atoms with E-state index < -0.39 is 0 Å². The molecule has 0 radical (unpaired) electrons. The summed E-state index contributed by atoms with van der Waals surface area (Å²) in [7, 11) is 1.59. The number of benzene rings is 1. The summed E-state index contributed by atoms with van der Waals surface area (Å²) >= 11 is 2.15. The van der Waals surface area contributed by atoms with Crippen LogP contribution in [0.2, 0.25) is 0 Å². The quantitative estimate of drug-likeness (QED) is 0.811. The Labute approximate surface area is 114 Å². The SMILES string of the molecule is COc1ccc(I)c(NC(=O)CCN)c1.Cl. The highest BCUT2D eigenvalue weighted by Crippen LogP contribution is 2.23. The van der Waals surface area contributed by atoms with Crippen molar-refractivity contribution in [3.8, 4) is 5.75 Å². The smallest absolute Gasteiger partial charge is 0.225 e. The van der Waals surface area contributed by atoms with E-state index in [9.17, 15) is 4.79 Å². The highest BCUT2D eigenvalue weighted by molar-refractivity contribution is 14.1. The fourth-order valence-corrected chi connectivity index (χ4v) is 1.54. The molecule has 1 aromatic rings. The van der Waals surface area contributed by atoms with E-state index in [1.165, 1.54) is 0 Å². The molecule has 0 saturated heterocycles. The van der Waals surface area contributed by atoms with Crippen molar-refractivity contribution in [3.63, 3.8) is 0 Å². The third kappa shape index (κ3) is 4.54. The molecule has 0 aliphatic rings. The number of nitrogens with two attached hydrogens (primary N) is 1. The molecule has 0 spiro atoms. The minimum atomic E-state index is -0.0799. The zero-order valence-electron chi connectivity index (χ0n) is 8.83. The zero-order chi connectivity index (χ0) is 11.3. The van der Waals surface area contributed by atoms with Crippen LogP contribution in [0.3, 0.4) is 0 Å². The standard InChI is InChI=1S/C10H13IN2O2.ClH/c1-15-7-2-3-8(11)9(6-7)13-10(14)4-5-12;/h2-3,6H,4-5,12H2,1H3,(H,13,14);1H. The molecule has 0 fully saturated rings. The van der Waals surface area contributed by atoms with E-state index in [-0.39, 0.29) is 18.3 Å². The predicted octanol–water partition coefficient (Wildman–Crippen LogP) is 2.01. The van der Waals surface area contributed by atoms with Crippen LogP contribution in [-0.2, 0) is 4.79 Å². The summed E-state index contributed by atoms with van der Waals surface area (Å²) in [4.78, 5) is 11.3. The number of carbonyl (C=O) groups excluding carboxylic acids is 1. The Morgan fingerprint density at radius 2 is 2.25 bits per heavy atom. The van der Waals surface area contributed by atoms with E-state index in [1.807, 2.05) is 12.1 Å². The molecular formula is C10H14ClIN2O2. The van der Waals surface area contributed by atoms with Crippen molar-refractivity contribution >= 4 is 46.6 Å². The Balaban J connectivity index is 0.00000225. The lowest BCUT2D eigenvalue weighted by Crippen LogP contribution is -2.16. The summed E-state index contributed by atoms with van der Waals surface area (Å²) in [6.07, 6.45) is 0.327. The molecule has 6 heteroatoms. The van der Waals surface area contributed by atoms with Crippen molar-refractivity contribution < 1.29 is 9.53 Å². The molecule has 0 unspecified atom stereocenters. The second kappa shape index (κ2) is 7.70. The van der Waals surface area contributed by atoms with Crippen LogP contribution in [-0.4, -0.2) is 19.6 Å². The molecule has 0 aromatic heterocycles. The van der Waals surface area contributed by atoms with Crippen molar-refractivity contribution in [1.82, 2.24) is 0 Å². The molecule has 3 N–H and O–H groups in total. The number of amides is 1. The van der Waals surface area contributed by atoms with Gasteiger partial charge < -0.3 is 15.8 Å². The molecule has 0 heterocycles. The van der Waals surface area contributed by atoms with Gasteiger partial charge in [0.05, 0.1) is 12.8 Å². The maximum atomic E-state index is 11.3. The highest BCUT2D eigenvalue weighted by atomic mass is 127. The molecule has 0 bridgehead atoms. The van der Waals surface area contributed by atoms with Crippen LogP contribution < -0.4 is 15.8 Å². The predicted molar refractivity (Wildman–Crippen MR) is 75.3 cm³/mol. The fourth-order valence-electron chi connectivity index (χ4n) is 1.07. The molecule has 0 atom stereocenters. The van der Waals surface area contributed by atoms with Crippen LogP contribution in [0.4, 0.5) is 5.69 Å². The van der Waals surface area contributed by atoms with Crippen molar-refractivity contribution in [3.05, 3.63) is 21.8 Å². The molecule has 1 amide bonds. The second-order valence-corrected chi connectivity index (χ2v) is 4.09. The molecule has 0 aliphatic carbocycles. The molecule has 4 nitrogen and oxygen atoms in total. The van der Waals surface area contributed by atoms with Crippen LogP contribution in [0.5, 0.6) is 5.75 Å². The van der Waals surface area contributed by atoms with Crippen LogP contribution >= 0.6 is 35.0 Å². The molecule has 0 aliphatic heterocycles. The monoisotopic (exact) mass is 356 g/mol. The normalized spacial score (nSPS) is 9.19. The highest BCUT2D eigenvalue weighted by Gasteiger charge is 2.05. The average molecular weight is 357 g/mol. The fraction of sp³-hybridized carbons (Fsp3) is 0.300. The van der Waals surface area contributed by atoms with Gasteiger partial charge in [0.15, 0.2) is 0 Å². The zero-order valence-corrected chi connectivity index (χ0v) is 11.8. The van der Waals surface area contributed by atoms with Crippen molar-refractivity contribution in [1.29, 1.82) is 0 Å². The van der Waals surface area contributed by atoms with Gasteiger partial charge in [-0.2, -0.15) is 0 Å². The summed E-state index contributed by atoms with van der Waals surface area (Å²) < 4.78 is 6.04. The van der Waals surface area contributed by atoms with Gasteiger partial charge in [-0.3, -0.25) is 4.79 Å². The minimum Gasteiger partial charge on any atom is -0.497 e. The first-order valence-electron chi connectivity index (χ1n) is 4.51. The summed E-state index contributed by atoms with van der Waals surface area (Å²) in [6.45, 7) is 0.354. The lowest BCUT2D eigenvalue weighted by atomic mass is 10.3. The van der Waals surface area contributed by atoms with E-state index in [0.717, 1.165) is 15.0 Å². The number of methoxy groups -OCH3 is 1. The molecule has 16 heavy (non-hydrogen) atoms. The van der Waals surface area contributed by atoms with E-state index in [1.54, 1.807) is 13.2 Å². The second-order valence-electron chi connectivity index (χ2n) is 2.93. The van der Waals surface area contributed by atoms with Gasteiger partial charge in [0.1, 0.15) is 5.75 Å². The van der Waals surface area contributed by atoms with E-state index in [2.05, 4.69) is 27.9 Å². The Hall–Kier alpha value is -0.530. The number of rotatable bonds is 4. The number of hydrogen-bond donors (Lipinski definition) is 2. The number of carbonyl (C=O) groups is 1. The summed E-state index contributed by atoms with van der Waals surface area (Å²) in [6, 6.07) is 5.52. The number of nitrogens with one attached hydrogen (secondary N) is 1. The lowest BCUT2D eigenvalue weighted by Gasteiger charge is -2.08. The van der Waals surface area contributed by atoms with Crippen LogP contribution in [0, 0.1) is 3.57 Å². The van der Waals surface area contributed by atoms with E-state index in [0.29, 0.717) is 13.0 Å². The third-order valence-electron chi connectivity index (χ3n) is 1.82. The summed E-state index contributed by atoms with van der Waals surface area (Å²) in [5.74, 6) is 0.641. The number of anilines is 1. The molecule has 0 saturated carbocycles. The molecule has 1 rings (SSSR count). The van der Waals surface area contributed by atoms with Crippen LogP contribution in [0.15, 0.2) is 18.2 Å². The van der Waals surface area contributed by atoms with Crippen LogP contribution in [0.25, 0.3) is 0 Å². The van der Waals surface area contributed by atoms with Crippen molar-refractivity contribution in [2.45, 2.75) is 6.42 Å². The van der Waals surface area contributed by atoms with Gasteiger partial charge in [0, 0.05) is 22.6 Å². The Morgan fingerprint density at radius 3 is 2.81 bits per heavy atom. The van der Waals surface area contributed by atoms with Crippen LogP contribution in [0.1, 0.15) is 6.42 Å². The Morgan fingerprint density at radius 1 is 1.56 bits per heavy atom. The van der Waals surface area contributed by atoms with Gasteiger partial charge in [-0.05, 0) is 34.7 Å². The summed E-state index contributed by atoms with van der Waals surface area (Å²) in [5.41, 5.74) is 6.05. The van der Waals surface area contributed by atoms with Gasteiger partial charge in [0.2, 0.25) is 5.91 Å². The minimum absolute atomic E-state index is 0. The number of hydrogen-bond acceptors (Lipinski definition) is 3. The molecular weight excluding hydrogens is 342 g/mol. The largest absolute Gasteiger partial charge is 0.497 e. The van der Waals surface area contributed by atoms with E-state index in [4.69, 9.17) is 10.5 Å². The first kappa shape index (κ1) is 15.5. The topological polar surface area (TPSA) is 64.3 Å². The van der Waals surface area contributed by atoms with E-state index >= 15 is 0 Å². The first-order valence-corrected chi connectivity index (χ1v) is 5.58. The van der Waals surface area contributed by atoms with Gasteiger partial charge in [-0.15, -0.1) is 12.4 Å². The first-order chi connectivity index (χ1) is 7.17. The Bertz CT molecular complexity index is 361. The maximum absolute atomic E-state index is 11.3. The molecule has 90 valence electrons. The number of ether oxygens (including phenoxy) is 1. The van der Waals surface area contributed by atoms with Gasteiger partial charge in [0.25, 0.3) is 0 Å². The maximum Gasteiger partial charge on any atom is 0.225 e. The third-order valence-corrected chi connectivity index (χ3v) is 2.76. The van der Waals surface area contributed by atoms with Gasteiger partial charge in [-0.1, -0.05) is 0 Å².